The van der Waals surface area contributed by atoms with E-state index in [0.29, 0.717) is 16.2 Å². The molecule has 0 unspecified atom stereocenters. The molecule has 0 bridgehead atoms. The second-order valence-corrected chi connectivity index (χ2v) is 8.95. The van der Waals surface area contributed by atoms with Crippen molar-refractivity contribution < 1.29 is 4.79 Å². The van der Waals surface area contributed by atoms with E-state index in [4.69, 9.17) is 0 Å². The lowest BCUT2D eigenvalue weighted by Gasteiger charge is -2.06. The van der Waals surface area contributed by atoms with Crippen molar-refractivity contribution in [2.75, 3.05) is 0 Å². The maximum absolute atomic E-state index is 13.1. The fourth-order valence-corrected chi connectivity index (χ4v) is 5.13. The summed E-state index contributed by atoms with van der Waals surface area (Å²) in [6, 6.07) is 21.9. The minimum atomic E-state index is -0.365. The number of rotatable bonds is 5. The van der Waals surface area contributed by atoms with Gasteiger partial charge in [0.05, 0.1) is 22.0 Å². The van der Waals surface area contributed by atoms with E-state index >= 15 is 0 Å². The third-order valence-corrected chi connectivity index (χ3v) is 6.69. The van der Waals surface area contributed by atoms with Crippen LogP contribution in [0, 0.1) is 0 Å². The highest BCUT2D eigenvalue weighted by Gasteiger charge is 2.15. The number of fused-ring (bicyclic) bond motifs is 2. The number of thiazole rings is 1. The Labute approximate surface area is 190 Å². The highest BCUT2D eigenvalue weighted by molar-refractivity contribution is 8.01. The first-order chi connectivity index (χ1) is 15.7. The molecule has 2 aromatic carbocycles. The van der Waals surface area contributed by atoms with E-state index in [2.05, 4.69) is 20.5 Å². The summed E-state index contributed by atoms with van der Waals surface area (Å²) in [4.78, 5) is 34.7. The Morgan fingerprint density at radius 1 is 1.00 bits per heavy atom. The zero-order valence-electron chi connectivity index (χ0n) is 16.5. The lowest BCUT2D eigenvalue weighted by molar-refractivity contribution is 0.0955. The number of nitrogens with one attached hydrogen (secondary N) is 1. The fraction of sp³-hybridized carbons (Fsp3) is 0. The smallest absolute Gasteiger partial charge is 0.268 e. The summed E-state index contributed by atoms with van der Waals surface area (Å²) in [5.41, 5.74) is 4.34. The quantitative estimate of drug-likeness (QED) is 0.243. The van der Waals surface area contributed by atoms with E-state index in [0.717, 1.165) is 14.6 Å². The Hall–Kier alpha value is -3.82. The predicted molar refractivity (Wildman–Crippen MR) is 127 cm³/mol. The zero-order chi connectivity index (χ0) is 21.9. The van der Waals surface area contributed by atoms with E-state index in [9.17, 15) is 9.59 Å². The van der Waals surface area contributed by atoms with Crippen molar-refractivity contribution in [3.63, 3.8) is 0 Å². The molecule has 5 aromatic rings. The highest BCUT2D eigenvalue weighted by atomic mass is 32.2. The van der Waals surface area contributed by atoms with Crippen molar-refractivity contribution >= 4 is 51.1 Å². The van der Waals surface area contributed by atoms with Crippen LogP contribution >= 0.6 is 23.1 Å². The number of carbonyl (C=O) groups excluding carboxylic acids is 1. The van der Waals surface area contributed by atoms with E-state index < -0.39 is 0 Å². The number of nitrogens with zero attached hydrogens (tertiary/aromatic N) is 4. The van der Waals surface area contributed by atoms with Crippen LogP contribution in [0.5, 0.6) is 0 Å². The molecule has 0 spiro atoms. The van der Waals surface area contributed by atoms with Gasteiger partial charge in [-0.25, -0.2) is 15.4 Å². The molecule has 0 fully saturated rings. The van der Waals surface area contributed by atoms with Crippen molar-refractivity contribution in [3.8, 4) is 0 Å². The number of para-hydroxylation sites is 1. The maximum Gasteiger partial charge on any atom is 0.271 e. The summed E-state index contributed by atoms with van der Waals surface area (Å²) in [6.45, 7) is 0. The van der Waals surface area contributed by atoms with Crippen LogP contribution in [-0.2, 0) is 0 Å². The normalized spacial score (nSPS) is 11.4. The lowest BCUT2D eigenvalue weighted by atomic mass is 10.2. The van der Waals surface area contributed by atoms with Crippen LogP contribution in [0.1, 0.15) is 15.9 Å². The monoisotopic (exact) mass is 457 g/mol. The van der Waals surface area contributed by atoms with Gasteiger partial charge in [0.1, 0.15) is 10.7 Å². The van der Waals surface area contributed by atoms with E-state index in [1.54, 1.807) is 42.6 Å². The van der Waals surface area contributed by atoms with Gasteiger partial charge >= 0.3 is 0 Å². The first-order valence-electron chi connectivity index (χ1n) is 9.62. The highest BCUT2D eigenvalue weighted by Crippen LogP contribution is 2.34. The Morgan fingerprint density at radius 3 is 2.62 bits per heavy atom. The van der Waals surface area contributed by atoms with Crippen LogP contribution in [0.2, 0.25) is 0 Å². The fourth-order valence-electron chi connectivity index (χ4n) is 3.06. The molecule has 0 saturated carbocycles. The summed E-state index contributed by atoms with van der Waals surface area (Å²) in [5, 5.41) is 4.49. The molecule has 7 nitrogen and oxygen atoms in total. The zero-order valence-corrected chi connectivity index (χ0v) is 18.1. The number of aromatic nitrogens is 3. The van der Waals surface area contributed by atoms with Gasteiger partial charge in [-0.2, -0.15) is 5.10 Å². The third kappa shape index (κ3) is 4.03. The number of pyridine rings is 1. The summed E-state index contributed by atoms with van der Waals surface area (Å²) in [5.74, 6) is -0.365. The van der Waals surface area contributed by atoms with E-state index in [-0.39, 0.29) is 17.0 Å². The van der Waals surface area contributed by atoms with Gasteiger partial charge in [0.25, 0.3) is 11.5 Å². The summed E-state index contributed by atoms with van der Waals surface area (Å²) >= 11 is 2.83. The first-order valence-corrected chi connectivity index (χ1v) is 11.3. The van der Waals surface area contributed by atoms with Crippen LogP contribution < -0.4 is 11.0 Å². The minimum absolute atomic E-state index is 0.270. The number of benzene rings is 2. The summed E-state index contributed by atoms with van der Waals surface area (Å²) in [6.07, 6.45) is 2.99. The molecule has 9 heteroatoms. The lowest BCUT2D eigenvalue weighted by Crippen LogP contribution is -2.22. The first kappa shape index (κ1) is 20.1. The number of carbonyl (C=O) groups is 1. The van der Waals surface area contributed by atoms with Gasteiger partial charge in [-0.15, -0.1) is 11.3 Å². The molecule has 0 atom stereocenters. The Kier molecular flexibility index (Phi) is 5.49. The van der Waals surface area contributed by atoms with Crippen molar-refractivity contribution in [1.82, 2.24) is 19.8 Å². The van der Waals surface area contributed by atoms with Gasteiger partial charge in [0.15, 0.2) is 4.34 Å². The topological polar surface area (TPSA) is 88.7 Å². The third-order valence-electron chi connectivity index (χ3n) is 4.59. The Balaban J connectivity index is 1.51. The molecule has 3 heterocycles. The average molecular weight is 458 g/mol. The van der Waals surface area contributed by atoms with E-state index in [1.807, 2.05) is 36.4 Å². The van der Waals surface area contributed by atoms with Crippen LogP contribution in [0.4, 0.5) is 0 Å². The molecule has 0 aliphatic rings. The second kappa shape index (κ2) is 8.74. The molecule has 0 radical (unpaired) electrons. The van der Waals surface area contributed by atoms with Crippen molar-refractivity contribution in [2.24, 2.45) is 5.10 Å². The molecular formula is C23H15N5O2S2. The SMILES string of the molecule is O=C(NN=Cc1c(Sc2nc3ccccc3s2)nc2ccccn2c1=O)c1ccccc1. The average Bonchev–Trinajstić information content (AvgIpc) is 3.24. The summed E-state index contributed by atoms with van der Waals surface area (Å²) < 4.78 is 3.27. The van der Waals surface area contributed by atoms with Crippen molar-refractivity contribution in [1.29, 1.82) is 0 Å². The maximum atomic E-state index is 13.1. The van der Waals surface area contributed by atoms with Gasteiger partial charge in [0.2, 0.25) is 0 Å². The number of amides is 1. The van der Waals surface area contributed by atoms with Crippen LogP contribution in [-0.4, -0.2) is 26.5 Å². The van der Waals surface area contributed by atoms with Crippen LogP contribution in [0.15, 0.2) is 98.3 Å². The molecular weight excluding hydrogens is 442 g/mol. The molecule has 1 N–H and O–H groups in total. The van der Waals surface area contributed by atoms with Gasteiger partial charge < -0.3 is 0 Å². The van der Waals surface area contributed by atoms with Gasteiger partial charge in [-0.05, 0) is 48.2 Å². The van der Waals surface area contributed by atoms with Crippen molar-refractivity contribution in [2.45, 2.75) is 9.37 Å². The largest absolute Gasteiger partial charge is 0.271 e. The Morgan fingerprint density at radius 2 is 1.78 bits per heavy atom. The molecule has 1 amide bonds. The predicted octanol–water partition coefficient (Wildman–Crippen LogP) is 4.22. The van der Waals surface area contributed by atoms with Gasteiger partial charge in [0, 0.05) is 11.8 Å². The summed E-state index contributed by atoms with van der Waals surface area (Å²) in [7, 11) is 0. The van der Waals surface area contributed by atoms with E-state index in [1.165, 1.54) is 33.7 Å². The minimum Gasteiger partial charge on any atom is -0.268 e. The molecule has 0 saturated heterocycles. The van der Waals surface area contributed by atoms with Gasteiger partial charge in [-0.3, -0.25) is 14.0 Å². The molecule has 5 rings (SSSR count). The van der Waals surface area contributed by atoms with Crippen LogP contribution in [0.25, 0.3) is 15.9 Å². The number of hydrogen-bond acceptors (Lipinski definition) is 7. The number of hydrogen-bond donors (Lipinski definition) is 1. The van der Waals surface area contributed by atoms with Crippen LogP contribution in [0.3, 0.4) is 0 Å². The molecule has 3 aromatic heterocycles. The molecule has 0 aliphatic heterocycles. The van der Waals surface area contributed by atoms with Gasteiger partial charge in [-0.1, -0.05) is 36.4 Å². The Bertz CT molecular complexity index is 1490. The second-order valence-electron chi connectivity index (χ2n) is 6.68. The van der Waals surface area contributed by atoms with Crippen molar-refractivity contribution in [3.05, 3.63) is 100 Å². The standard InChI is InChI=1S/C23H15N5O2S2/c29-20(15-8-2-1-3-9-15)27-24-14-16-21(26-19-12-6-7-13-28(19)22(16)30)32-23-25-17-10-4-5-11-18(17)31-23/h1-14H,(H,27,29). The molecule has 32 heavy (non-hydrogen) atoms. The molecule has 0 aliphatic carbocycles. The number of hydrazone groups is 1. The molecule has 156 valence electrons.